The fourth-order valence-electron chi connectivity index (χ4n) is 3.81. The van der Waals surface area contributed by atoms with E-state index < -0.39 is 0 Å². The first-order valence-corrected chi connectivity index (χ1v) is 10.4. The van der Waals surface area contributed by atoms with Crippen molar-refractivity contribution in [2.75, 3.05) is 21.3 Å². The molecule has 0 amide bonds. The van der Waals surface area contributed by atoms with E-state index in [2.05, 4.69) is 0 Å². The van der Waals surface area contributed by atoms with Crippen molar-refractivity contribution in [1.82, 2.24) is 9.55 Å². The summed E-state index contributed by atoms with van der Waals surface area (Å²) in [5.41, 5.74) is 7.41. The van der Waals surface area contributed by atoms with Gasteiger partial charge in [-0.05, 0) is 55.6 Å². The van der Waals surface area contributed by atoms with Crippen LogP contribution < -0.4 is 25.5 Å². The second-order valence-corrected chi connectivity index (χ2v) is 8.22. The van der Waals surface area contributed by atoms with Gasteiger partial charge in [0.1, 0.15) is 4.83 Å². The lowest BCUT2D eigenvalue weighted by molar-refractivity contribution is 0.324. The fourth-order valence-corrected chi connectivity index (χ4v) is 5.23. The zero-order valence-electron chi connectivity index (χ0n) is 16.4. The molecule has 7 nitrogen and oxygen atoms in total. The molecule has 0 atom stereocenters. The van der Waals surface area contributed by atoms with Crippen LogP contribution in [-0.2, 0) is 12.8 Å². The lowest BCUT2D eigenvalue weighted by Gasteiger charge is -2.16. The first kappa shape index (κ1) is 19.7. The number of benzene rings is 1. The lowest BCUT2D eigenvalue weighted by atomic mass is 9.97. The number of fused-ring (bicyclic) bond motifs is 3. The topological polar surface area (TPSA) is 88.6 Å². The van der Waals surface area contributed by atoms with Crippen molar-refractivity contribution in [3.05, 3.63) is 32.9 Å². The molecular weight excluding hydrogens is 410 g/mol. The van der Waals surface area contributed by atoms with E-state index >= 15 is 0 Å². The molecule has 0 fully saturated rings. The van der Waals surface area contributed by atoms with Crippen LogP contribution in [0.4, 0.5) is 0 Å². The Morgan fingerprint density at radius 2 is 1.79 bits per heavy atom. The Hall–Kier alpha value is -2.65. The highest BCUT2D eigenvalue weighted by Crippen LogP contribution is 2.41. The normalized spacial score (nSPS) is 13.2. The second kappa shape index (κ2) is 7.64. The molecule has 152 valence electrons. The van der Waals surface area contributed by atoms with E-state index in [-0.39, 0.29) is 10.7 Å². The van der Waals surface area contributed by atoms with Crippen LogP contribution in [0.2, 0.25) is 0 Å². The number of nitrogens with two attached hydrogens (primary N) is 1. The Kier molecular flexibility index (Phi) is 5.18. The predicted molar refractivity (Wildman–Crippen MR) is 118 cm³/mol. The van der Waals surface area contributed by atoms with E-state index in [4.69, 9.17) is 37.1 Å². The number of nitrogens with zero attached hydrogens (tertiary/aromatic N) is 2. The first-order chi connectivity index (χ1) is 14.0. The van der Waals surface area contributed by atoms with Crippen LogP contribution in [0.1, 0.15) is 23.3 Å². The quantitative estimate of drug-likeness (QED) is 0.635. The SMILES string of the molecule is COc1cc(-c2nc3sc4c(c3c(=O)n2C(N)=S)CCCC4)cc(OC)c1OC. The van der Waals surface area contributed by atoms with Gasteiger partial charge in [-0.1, -0.05) is 0 Å². The molecule has 2 aromatic heterocycles. The van der Waals surface area contributed by atoms with E-state index in [9.17, 15) is 4.79 Å². The van der Waals surface area contributed by atoms with E-state index in [0.29, 0.717) is 38.9 Å². The third-order valence-corrected chi connectivity index (χ3v) is 6.50. The molecule has 9 heteroatoms. The molecule has 1 aromatic carbocycles. The Morgan fingerprint density at radius 1 is 1.14 bits per heavy atom. The summed E-state index contributed by atoms with van der Waals surface area (Å²) in [5.74, 6) is 1.72. The molecule has 2 heterocycles. The van der Waals surface area contributed by atoms with Gasteiger partial charge in [0.15, 0.2) is 22.4 Å². The number of aromatic nitrogens is 2. The molecule has 0 bridgehead atoms. The van der Waals surface area contributed by atoms with Gasteiger partial charge in [-0.25, -0.2) is 9.55 Å². The summed E-state index contributed by atoms with van der Waals surface area (Å²) in [4.78, 5) is 20.1. The number of aryl methyl sites for hydroxylation is 2. The van der Waals surface area contributed by atoms with E-state index in [1.165, 1.54) is 30.8 Å². The van der Waals surface area contributed by atoms with Crippen LogP contribution in [0.5, 0.6) is 17.2 Å². The monoisotopic (exact) mass is 431 g/mol. The van der Waals surface area contributed by atoms with E-state index in [1.54, 1.807) is 23.5 Å². The third kappa shape index (κ3) is 3.14. The zero-order chi connectivity index (χ0) is 20.7. The van der Waals surface area contributed by atoms with Crippen LogP contribution in [0.15, 0.2) is 16.9 Å². The summed E-state index contributed by atoms with van der Waals surface area (Å²) >= 11 is 6.79. The number of hydrogen-bond donors (Lipinski definition) is 1. The molecule has 1 aliphatic rings. The van der Waals surface area contributed by atoms with Crippen molar-refractivity contribution >= 4 is 38.9 Å². The predicted octanol–water partition coefficient (Wildman–Crippen LogP) is 3.12. The molecule has 4 rings (SSSR count). The minimum atomic E-state index is -0.231. The van der Waals surface area contributed by atoms with Gasteiger partial charge >= 0.3 is 0 Å². The Balaban J connectivity index is 2.05. The Bertz CT molecular complexity index is 1160. The summed E-state index contributed by atoms with van der Waals surface area (Å²) < 4.78 is 17.6. The second-order valence-electron chi connectivity index (χ2n) is 6.72. The minimum absolute atomic E-state index is 0.0519. The largest absolute Gasteiger partial charge is 0.493 e. The summed E-state index contributed by atoms with van der Waals surface area (Å²) in [6.45, 7) is 0. The molecule has 0 aliphatic heterocycles. The van der Waals surface area contributed by atoms with Crippen molar-refractivity contribution in [3.63, 3.8) is 0 Å². The highest BCUT2D eigenvalue weighted by molar-refractivity contribution is 7.80. The van der Waals surface area contributed by atoms with Gasteiger partial charge in [-0.2, -0.15) is 0 Å². The summed E-state index contributed by atoms with van der Waals surface area (Å²) in [7, 11) is 4.60. The third-order valence-electron chi connectivity index (χ3n) is 5.13. The van der Waals surface area contributed by atoms with Crippen LogP contribution >= 0.6 is 23.6 Å². The number of hydrogen-bond acceptors (Lipinski definition) is 7. The van der Waals surface area contributed by atoms with Gasteiger partial charge in [0.05, 0.1) is 26.7 Å². The molecule has 0 unspecified atom stereocenters. The van der Waals surface area contributed by atoms with E-state index in [0.717, 1.165) is 31.2 Å². The van der Waals surface area contributed by atoms with Gasteiger partial charge < -0.3 is 19.9 Å². The summed E-state index contributed by atoms with van der Waals surface area (Å²) in [6.07, 6.45) is 4.05. The smallest absolute Gasteiger partial charge is 0.269 e. The first-order valence-electron chi connectivity index (χ1n) is 9.17. The number of methoxy groups -OCH3 is 3. The number of thiophene rings is 1. The van der Waals surface area contributed by atoms with Gasteiger partial charge in [0, 0.05) is 10.4 Å². The summed E-state index contributed by atoms with van der Waals surface area (Å²) in [5, 5.41) is 0.581. The van der Waals surface area contributed by atoms with Crippen molar-refractivity contribution in [1.29, 1.82) is 0 Å². The molecule has 29 heavy (non-hydrogen) atoms. The average Bonchev–Trinajstić information content (AvgIpc) is 3.10. The van der Waals surface area contributed by atoms with E-state index in [1.807, 2.05) is 0 Å². The highest BCUT2D eigenvalue weighted by Gasteiger charge is 2.24. The maximum Gasteiger partial charge on any atom is 0.269 e. The van der Waals surface area contributed by atoms with Crippen LogP contribution in [0, 0.1) is 0 Å². The lowest BCUT2D eigenvalue weighted by Crippen LogP contribution is -2.33. The molecule has 2 N–H and O–H groups in total. The minimum Gasteiger partial charge on any atom is -0.493 e. The standard InChI is InChI=1S/C20H21N3O4S2/c1-25-12-8-10(9-13(26-2)16(12)27-3)17-22-18-15(19(24)23(17)20(21)28)11-6-4-5-7-14(11)29-18/h8-9H,4-7H2,1-3H3,(H2,21,28). The van der Waals surface area contributed by atoms with Crippen LogP contribution in [-0.4, -0.2) is 36.0 Å². The highest BCUT2D eigenvalue weighted by atomic mass is 32.1. The molecule has 0 spiro atoms. The number of rotatable bonds is 4. The van der Waals surface area contributed by atoms with Crippen molar-refractivity contribution in [2.45, 2.75) is 25.7 Å². The summed E-state index contributed by atoms with van der Waals surface area (Å²) in [6, 6.07) is 3.47. The van der Waals surface area contributed by atoms with Gasteiger partial charge in [-0.3, -0.25) is 4.79 Å². The number of ether oxygens (including phenoxy) is 3. The van der Waals surface area contributed by atoms with Crippen molar-refractivity contribution in [2.24, 2.45) is 5.73 Å². The molecule has 0 radical (unpaired) electrons. The zero-order valence-corrected chi connectivity index (χ0v) is 18.0. The molecule has 3 aromatic rings. The molecule has 0 saturated carbocycles. The molecular formula is C20H21N3O4S2. The van der Waals surface area contributed by atoms with Crippen LogP contribution in [0.25, 0.3) is 21.6 Å². The Morgan fingerprint density at radius 3 is 2.38 bits per heavy atom. The average molecular weight is 432 g/mol. The van der Waals surface area contributed by atoms with Crippen LogP contribution in [0.3, 0.4) is 0 Å². The maximum absolute atomic E-state index is 13.4. The number of thiocarbonyl (C=S) groups is 1. The Labute approximate surface area is 177 Å². The fraction of sp³-hybridized carbons (Fsp3) is 0.350. The molecule has 1 aliphatic carbocycles. The van der Waals surface area contributed by atoms with Gasteiger partial charge in [-0.15, -0.1) is 11.3 Å². The maximum atomic E-state index is 13.4. The van der Waals surface area contributed by atoms with Crippen molar-refractivity contribution in [3.8, 4) is 28.6 Å². The van der Waals surface area contributed by atoms with Crippen molar-refractivity contribution < 1.29 is 14.2 Å². The molecule has 0 saturated heterocycles. The van der Waals surface area contributed by atoms with Gasteiger partial charge in [0.25, 0.3) is 5.56 Å². The van der Waals surface area contributed by atoms with Gasteiger partial charge in [0.2, 0.25) is 5.75 Å².